The van der Waals surface area contributed by atoms with Crippen LogP contribution in [0.25, 0.3) is 0 Å². The van der Waals surface area contributed by atoms with Gasteiger partial charge in [0.15, 0.2) is 11.6 Å². The second kappa shape index (κ2) is 4.22. The van der Waals surface area contributed by atoms with Crippen LogP contribution in [0.4, 0.5) is 13.2 Å². The predicted molar refractivity (Wildman–Crippen MR) is 57.8 cm³/mol. The van der Waals surface area contributed by atoms with E-state index in [1.165, 1.54) is 13.2 Å². The molecule has 1 fully saturated rings. The Morgan fingerprint density at radius 1 is 1.41 bits per heavy atom. The Hall–Kier alpha value is -1.23. The third kappa shape index (κ3) is 2.54. The van der Waals surface area contributed by atoms with Gasteiger partial charge in [0.05, 0.1) is 7.11 Å². The molecule has 2 rings (SSSR count). The third-order valence-electron chi connectivity index (χ3n) is 3.03. The van der Waals surface area contributed by atoms with Crippen LogP contribution in [0.1, 0.15) is 30.4 Å². The van der Waals surface area contributed by atoms with E-state index in [1.54, 1.807) is 0 Å². The lowest BCUT2D eigenvalue weighted by Crippen LogP contribution is -2.25. The first-order chi connectivity index (χ1) is 7.95. The summed E-state index contributed by atoms with van der Waals surface area (Å²) in [6.45, 7) is 0. The number of nitrogens with two attached hydrogens (primary N) is 1. The van der Waals surface area contributed by atoms with Gasteiger partial charge in [0.25, 0.3) is 6.43 Å². The van der Waals surface area contributed by atoms with Crippen LogP contribution < -0.4 is 10.5 Å². The fourth-order valence-corrected chi connectivity index (χ4v) is 1.88. The molecule has 1 saturated carbocycles. The van der Waals surface area contributed by atoms with Gasteiger partial charge in [0, 0.05) is 11.1 Å². The molecule has 0 unspecified atom stereocenters. The third-order valence-corrected chi connectivity index (χ3v) is 3.03. The van der Waals surface area contributed by atoms with Gasteiger partial charge in [-0.05, 0) is 37.0 Å². The molecule has 1 aliphatic carbocycles. The Labute approximate surface area is 97.6 Å². The minimum atomic E-state index is -2.69. The van der Waals surface area contributed by atoms with Gasteiger partial charge in [-0.3, -0.25) is 0 Å². The highest BCUT2D eigenvalue weighted by molar-refractivity contribution is 5.41. The molecule has 0 spiro atoms. The van der Waals surface area contributed by atoms with Gasteiger partial charge < -0.3 is 10.5 Å². The zero-order valence-corrected chi connectivity index (χ0v) is 9.47. The zero-order valence-electron chi connectivity index (χ0n) is 9.47. The van der Waals surface area contributed by atoms with E-state index in [2.05, 4.69) is 0 Å². The van der Waals surface area contributed by atoms with E-state index in [0.717, 1.165) is 18.9 Å². The quantitative estimate of drug-likeness (QED) is 0.885. The Kier molecular flexibility index (Phi) is 3.03. The molecular formula is C12H14F3NO. The van der Waals surface area contributed by atoms with Crippen molar-refractivity contribution >= 4 is 0 Å². The van der Waals surface area contributed by atoms with Crippen molar-refractivity contribution in [3.05, 3.63) is 29.1 Å². The molecule has 0 heterocycles. The first-order valence-electron chi connectivity index (χ1n) is 5.38. The second-order valence-electron chi connectivity index (χ2n) is 4.53. The summed E-state index contributed by atoms with van der Waals surface area (Å²) in [7, 11) is 1.32. The van der Waals surface area contributed by atoms with E-state index in [0.29, 0.717) is 12.0 Å². The molecule has 0 bridgehead atoms. The molecule has 5 heteroatoms. The molecular weight excluding hydrogens is 231 g/mol. The monoisotopic (exact) mass is 245 g/mol. The van der Waals surface area contributed by atoms with Crippen LogP contribution in [0.15, 0.2) is 12.1 Å². The summed E-state index contributed by atoms with van der Waals surface area (Å²) in [5.74, 6) is -0.740. The molecule has 2 N–H and O–H groups in total. The highest BCUT2D eigenvalue weighted by Crippen LogP contribution is 2.39. The van der Waals surface area contributed by atoms with E-state index in [9.17, 15) is 13.2 Å². The van der Waals surface area contributed by atoms with E-state index in [4.69, 9.17) is 10.5 Å². The summed E-state index contributed by atoms with van der Waals surface area (Å²) in [5, 5.41) is 0. The molecule has 1 aromatic rings. The number of ether oxygens (including phenoxy) is 1. The smallest absolute Gasteiger partial charge is 0.263 e. The molecule has 0 aromatic heterocycles. The Balaban J connectivity index is 2.38. The van der Waals surface area contributed by atoms with Crippen molar-refractivity contribution in [2.24, 2.45) is 5.73 Å². The van der Waals surface area contributed by atoms with Crippen LogP contribution in [-0.2, 0) is 6.42 Å². The van der Waals surface area contributed by atoms with Gasteiger partial charge in [0.2, 0.25) is 0 Å². The number of alkyl halides is 2. The molecule has 0 radical (unpaired) electrons. The van der Waals surface area contributed by atoms with Crippen LogP contribution in [0, 0.1) is 5.82 Å². The van der Waals surface area contributed by atoms with Crippen molar-refractivity contribution in [1.82, 2.24) is 0 Å². The van der Waals surface area contributed by atoms with Gasteiger partial charge in [-0.2, -0.15) is 0 Å². The Bertz CT molecular complexity index is 430. The fraction of sp³-hybridized carbons (Fsp3) is 0.500. The maximum Gasteiger partial charge on any atom is 0.263 e. The van der Waals surface area contributed by atoms with E-state index < -0.39 is 12.2 Å². The number of methoxy groups -OCH3 is 1. The SMILES string of the molecule is COc1c(F)cc(C(F)F)cc1CC1(N)CC1. The molecule has 0 amide bonds. The van der Waals surface area contributed by atoms with Crippen LogP contribution in [0.2, 0.25) is 0 Å². The van der Waals surface area contributed by atoms with Crippen LogP contribution in [0.5, 0.6) is 5.75 Å². The van der Waals surface area contributed by atoms with Crippen molar-refractivity contribution < 1.29 is 17.9 Å². The average molecular weight is 245 g/mol. The van der Waals surface area contributed by atoms with Gasteiger partial charge in [0.1, 0.15) is 0 Å². The number of hydrogen-bond acceptors (Lipinski definition) is 2. The van der Waals surface area contributed by atoms with Gasteiger partial charge >= 0.3 is 0 Å². The van der Waals surface area contributed by atoms with Crippen molar-refractivity contribution in [3.63, 3.8) is 0 Å². The molecule has 17 heavy (non-hydrogen) atoms. The largest absolute Gasteiger partial charge is 0.493 e. The maximum atomic E-state index is 13.6. The number of halogens is 3. The summed E-state index contributed by atoms with van der Waals surface area (Å²) >= 11 is 0. The standard InChI is InChI=1S/C12H14F3NO/c1-17-10-8(6-12(16)2-3-12)4-7(11(14)15)5-9(10)13/h4-5,11H,2-3,6,16H2,1H3. The average Bonchev–Trinajstić information content (AvgIpc) is 2.95. The molecule has 0 atom stereocenters. The lowest BCUT2D eigenvalue weighted by molar-refractivity contribution is 0.150. The topological polar surface area (TPSA) is 35.2 Å². The van der Waals surface area contributed by atoms with Crippen molar-refractivity contribution in [1.29, 1.82) is 0 Å². The molecule has 1 aliphatic rings. The van der Waals surface area contributed by atoms with Crippen molar-refractivity contribution in [3.8, 4) is 5.75 Å². The van der Waals surface area contributed by atoms with Gasteiger partial charge in [-0.1, -0.05) is 0 Å². The molecule has 0 saturated heterocycles. The van der Waals surface area contributed by atoms with Gasteiger partial charge in [-0.15, -0.1) is 0 Å². The molecule has 2 nitrogen and oxygen atoms in total. The lowest BCUT2D eigenvalue weighted by atomic mass is 10.0. The maximum absolute atomic E-state index is 13.6. The summed E-state index contributed by atoms with van der Waals surface area (Å²) in [5.41, 5.74) is 5.63. The predicted octanol–water partition coefficient (Wildman–Crippen LogP) is 2.81. The van der Waals surface area contributed by atoms with Crippen LogP contribution >= 0.6 is 0 Å². The lowest BCUT2D eigenvalue weighted by Gasteiger charge is -2.15. The summed E-state index contributed by atoms with van der Waals surface area (Å²) in [6.07, 6.45) is -0.664. The fourth-order valence-electron chi connectivity index (χ4n) is 1.88. The summed E-state index contributed by atoms with van der Waals surface area (Å²) in [4.78, 5) is 0. The van der Waals surface area contributed by atoms with E-state index >= 15 is 0 Å². The molecule has 94 valence electrons. The second-order valence-corrected chi connectivity index (χ2v) is 4.53. The number of benzene rings is 1. The molecule has 1 aromatic carbocycles. The van der Waals surface area contributed by atoms with Crippen LogP contribution in [0.3, 0.4) is 0 Å². The van der Waals surface area contributed by atoms with Crippen LogP contribution in [-0.4, -0.2) is 12.6 Å². The highest BCUT2D eigenvalue weighted by atomic mass is 19.3. The van der Waals surface area contributed by atoms with E-state index in [1.807, 2.05) is 0 Å². The molecule has 0 aliphatic heterocycles. The number of hydrogen-bond donors (Lipinski definition) is 1. The summed E-state index contributed by atoms with van der Waals surface area (Å²) in [6, 6.07) is 2.09. The zero-order chi connectivity index (χ0) is 12.6. The van der Waals surface area contributed by atoms with E-state index in [-0.39, 0.29) is 16.9 Å². The normalized spacial score (nSPS) is 17.3. The Morgan fingerprint density at radius 2 is 2.06 bits per heavy atom. The first kappa shape index (κ1) is 12.2. The summed E-state index contributed by atoms with van der Waals surface area (Å²) < 4.78 is 43.6. The van der Waals surface area contributed by atoms with Crippen molar-refractivity contribution in [2.45, 2.75) is 31.2 Å². The van der Waals surface area contributed by atoms with Gasteiger partial charge in [-0.25, -0.2) is 13.2 Å². The minimum absolute atomic E-state index is 0.0196. The Morgan fingerprint density at radius 3 is 2.53 bits per heavy atom. The first-order valence-corrected chi connectivity index (χ1v) is 5.38. The highest BCUT2D eigenvalue weighted by Gasteiger charge is 2.39. The number of rotatable bonds is 4. The minimum Gasteiger partial charge on any atom is -0.493 e. The van der Waals surface area contributed by atoms with Crippen molar-refractivity contribution in [2.75, 3.05) is 7.11 Å².